The zero-order chi connectivity index (χ0) is 14.9. The summed E-state index contributed by atoms with van der Waals surface area (Å²) in [6.07, 6.45) is 0. The van der Waals surface area contributed by atoms with E-state index in [4.69, 9.17) is 5.73 Å². The second kappa shape index (κ2) is 5.42. The summed E-state index contributed by atoms with van der Waals surface area (Å²) < 4.78 is 1.84. The molecule has 6 heteroatoms. The summed E-state index contributed by atoms with van der Waals surface area (Å²) in [5.41, 5.74) is 9.83. The van der Waals surface area contributed by atoms with Crippen molar-refractivity contribution in [1.82, 2.24) is 9.78 Å². The molecule has 2 aromatic rings. The summed E-state index contributed by atoms with van der Waals surface area (Å²) in [5, 5.41) is 15.3. The Morgan fingerprint density at radius 2 is 2.15 bits per heavy atom. The third-order valence-corrected chi connectivity index (χ3v) is 3.35. The van der Waals surface area contributed by atoms with E-state index in [9.17, 15) is 10.1 Å². The Labute approximate surface area is 117 Å². The lowest BCUT2D eigenvalue weighted by molar-refractivity contribution is -0.384. The van der Waals surface area contributed by atoms with E-state index in [1.165, 1.54) is 6.07 Å². The molecule has 0 radical (unpaired) electrons. The number of nitro groups is 1. The average Bonchev–Trinajstić information content (AvgIpc) is 2.64. The zero-order valence-corrected chi connectivity index (χ0v) is 11.8. The first-order chi connectivity index (χ1) is 9.40. The van der Waals surface area contributed by atoms with E-state index in [0.717, 1.165) is 22.5 Å². The van der Waals surface area contributed by atoms with Gasteiger partial charge in [0.1, 0.15) is 0 Å². The minimum Gasteiger partial charge on any atom is -0.324 e. The smallest absolute Gasteiger partial charge is 0.269 e. The van der Waals surface area contributed by atoms with Gasteiger partial charge < -0.3 is 5.73 Å². The van der Waals surface area contributed by atoms with Gasteiger partial charge in [0, 0.05) is 29.4 Å². The highest BCUT2D eigenvalue weighted by atomic mass is 16.6. The Kier molecular flexibility index (Phi) is 3.85. The van der Waals surface area contributed by atoms with Crippen LogP contribution in [0.25, 0.3) is 0 Å². The summed E-state index contributed by atoms with van der Waals surface area (Å²) in [5.74, 6) is 0. The van der Waals surface area contributed by atoms with E-state index in [1.54, 1.807) is 12.1 Å². The summed E-state index contributed by atoms with van der Waals surface area (Å²) in [4.78, 5) is 10.4. The lowest BCUT2D eigenvalue weighted by atomic mass is 10.1. The number of nitro benzene ring substituents is 1. The second-order valence-electron chi connectivity index (χ2n) is 4.96. The maximum atomic E-state index is 10.8. The Morgan fingerprint density at radius 1 is 1.45 bits per heavy atom. The minimum absolute atomic E-state index is 0.0751. The Hall–Kier alpha value is -2.21. The first-order valence-corrected chi connectivity index (χ1v) is 6.43. The van der Waals surface area contributed by atoms with Gasteiger partial charge in [0.05, 0.1) is 17.2 Å². The molecule has 0 saturated carbocycles. The SMILES string of the molecule is Cc1nn(Cc2cccc([N+](=O)[O-])c2)c(C)c1C(C)N. The number of aryl methyl sites for hydroxylation is 1. The molecule has 1 aromatic carbocycles. The summed E-state index contributed by atoms with van der Waals surface area (Å²) in [6.45, 7) is 6.32. The van der Waals surface area contributed by atoms with Gasteiger partial charge in [-0.3, -0.25) is 14.8 Å². The predicted octanol–water partition coefficient (Wildman–Crippen LogP) is 2.48. The molecule has 1 atom stereocenters. The van der Waals surface area contributed by atoms with Crippen molar-refractivity contribution in [3.63, 3.8) is 0 Å². The Morgan fingerprint density at radius 3 is 2.70 bits per heavy atom. The van der Waals surface area contributed by atoms with Crippen LogP contribution in [0.1, 0.15) is 35.5 Å². The number of non-ortho nitro benzene ring substituents is 1. The fourth-order valence-electron chi connectivity index (χ4n) is 2.47. The van der Waals surface area contributed by atoms with Gasteiger partial charge in [0.15, 0.2) is 0 Å². The molecule has 0 fully saturated rings. The van der Waals surface area contributed by atoms with Gasteiger partial charge in [-0.1, -0.05) is 12.1 Å². The van der Waals surface area contributed by atoms with Crippen LogP contribution in [-0.2, 0) is 6.54 Å². The number of hydrogen-bond donors (Lipinski definition) is 1. The maximum Gasteiger partial charge on any atom is 0.269 e. The van der Waals surface area contributed by atoms with Crippen LogP contribution in [0.4, 0.5) is 5.69 Å². The van der Waals surface area contributed by atoms with Crippen molar-refractivity contribution >= 4 is 5.69 Å². The summed E-state index contributed by atoms with van der Waals surface area (Å²) >= 11 is 0. The van der Waals surface area contributed by atoms with Gasteiger partial charge in [-0.15, -0.1) is 0 Å². The van der Waals surface area contributed by atoms with Crippen LogP contribution in [0.2, 0.25) is 0 Å². The van der Waals surface area contributed by atoms with Crippen molar-refractivity contribution in [2.75, 3.05) is 0 Å². The number of aromatic nitrogens is 2. The normalized spacial score (nSPS) is 12.4. The largest absolute Gasteiger partial charge is 0.324 e. The van der Waals surface area contributed by atoms with Crippen LogP contribution in [-0.4, -0.2) is 14.7 Å². The molecule has 1 heterocycles. The molecule has 2 rings (SSSR count). The number of hydrogen-bond acceptors (Lipinski definition) is 4. The second-order valence-corrected chi connectivity index (χ2v) is 4.96. The molecule has 2 N–H and O–H groups in total. The molecule has 106 valence electrons. The van der Waals surface area contributed by atoms with E-state index in [1.807, 2.05) is 31.5 Å². The summed E-state index contributed by atoms with van der Waals surface area (Å²) in [7, 11) is 0. The molecule has 0 aliphatic carbocycles. The molecule has 20 heavy (non-hydrogen) atoms. The molecular weight excluding hydrogens is 256 g/mol. The molecule has 0 aliphatic heterocycles. The molecule has 0 spiro atoms. The van der Waals surface area contributed by atoms with E-state index in [2.05, 4.69) is 5.10 Å². The number of nitrogens with zero attached hydrogens (tertiary/aromatic N) is 3. The quantitative estimate of drug-likeness (QED) is 0.685. The minimum atomic E-state index is -0.391. The van der Waals surface area contributed by atoms with Crippen LogP contribution < -0.4 is 5.73 Å². The van der Waals surface area contributed by atoms with Gasteiger partial charge in [0.2, 0.25) is 0 Å². The molecule has 0 bridgehead atoms. The van der Waals surface area contributed by atoms with E-state index in [0.29, 0.717) is 6.54 Å². The first kappa shape index (κ1) is 14.2. The van der Waals surface area contributed by atoms with E-state index < -0.39 is 4.92 Å². The highest BCUT2D eigenvalue weighted by Gasteiger charge is 2.15. The van der Waals surface area contributed by atoms with Crippen LogP contribution >= 0.6 is 0 Å². The average molecular weight is 274 g/mol. The number of benzene rings is 1. The molecule has 6 nitrogen and oxygen atoms in total. The van der Waals surface area contributed by atoms with Crippen LogP contribution in [0.5, 0.6) is 0 Å². The molecule has 1 aromatic heterocycles. The van der Waals surface area contributed by atoms with Gasteiger partial charge in [-0.25, -0.2) is 0 Å². The lowest BCUT2D eigenvalue weighted by Crippen LogP contribution is -2.09. The molecule has 0 saturated heterocycles. The van der Waals surface area contributed by atoms with Crippen molar-refractivity contribution in [2.24, 2.45) is 5.73 Å². The first-order valence-electron chi connectivity index (χ1n) is 6.43. The third-order valence-electron chi connectivity index (χ3n) is 3.35. The molecule has 0 amide bonds. The Balaban J connectivity index is 2.33. The van der Waals surface area contributed by atoms with Gasteiger partial charge in [-0.2, -0.15) is 5.10 Å². The van der Waals surface area contributed by atoms with Crippen LogP contribution in [0.15, 0.2) is 24.3 Å². The molecule has 0 aliphatic rings. The zero-order valence-electron chi connectivity index (χ0n) is 11.8. The van der Waals surface area contributed by atoms with E-state index in [-0.39, 0.29) is 11.7 Å². The van der Waals surface area contributed by atoms with Crippen LogP contribution in [0.3, 0.4) is 0 Å². The van der Waals surface area contributed by atoms with Gasteiger partial charge >= 0.3 is 0 Å². The van der Waals surface area contributed by atoms with Crippen molar-refractivity contribution in [2.45, 2.75) is 33.4 Å². The van der Waals surface area contributed by atoms with Gasteiger partial charge in [0.25, 0.3) is 5.69 Å². The topological polar surface area (TPSA) is 87.0 Å². The predicted molar refractivity (Wildman–Crippen MR) is 76.5 cm³/mol. The molecule has 1 unspecified atom stereocenters. The highest BCUT2D eigenvalue weighted by Crippen LogP contribution is 2.21. The van der Waals surface area contributed by atoms with Crippen molar-refractivity contribution < 1.29 is 4.92 Å². The van der Waals surface area contributed by atoms with Crippen LogP contribution in [0, 0.1) is 24.0 Å². The maximum absolute atomic E-state index is 10.8. The monoisotopic (exact) mass is 274 g/mol. The Bertz CT molecular complexity index is 647. The lowest BCUT2D eigenvalue weighted by Gasteiger charge is -2.07. The fraction of sp³-hybridized carbons (Fsp3) is 0.357. The van der Waals surface area contributed by atoms with Gasteiger partial charge in [-0.05, 0) is 26.3 Å². The standard InChI is InChI=1S/C14H18N4O2/c1-9(15)14-10(2)16-17(11(14)3)8-12-5-4-6-13(7-12)18(19)20/h4-7,9H,8,15H2,1-3H3. The van der Waals surface area contributed by atoms with Crippen molar-refractivity contribution in [1.29, 1.82) is 0 Å². The van der Waals surface area contributed by atoms with Crippen molar-refractivity contribution in [3.8, 4) is 0 Å². The summed E-state index contributed by atoms with van der Waals surface area (Å²) in [6, 6.07) is 6.52. The number of nitrogens with two attached hydrogens (primary N) is 1. The highest BCUT2D eigenvalue weighted by molar-refractivity contribution is 5.35. The fourth-order valence-corrected chi connectivity index (χ4v) is 2.47. The van der Waals surface area contributed by atoms with Crippen molar-refractivity contribution in [3.05, 3.63) is 56.9 Å². The molecular formula is C14H18N4O2. The van der Waals surface area contributed by atoms with E-state index >= 15 is 0 Å². The number of rotatable bonds is 4. The third kappa shape index (κ3) is 2.70.